The summed E-state index contributed by atoms with van der Waals surface area (Å²) in [5.41, 5.74) is 5.81. The molecule has 1 amide bonds. The van der Waals surface area contributed by atoms with Crippen molar-refractivity contribution in [2.75, 3.05) is 0 Å². The zero-order chi connectivity index (χ0) is 13.0. The van der Waals surface area contributed by atoms with Crippen molar-refractivity contribution in [3.05, 3.63) is 0 Å². The van der Waals surface area contributed by atoms with Gasteiger partial charge in [0.15, 0.2) is 0 Å². The van der Waals surface area contributed by atoms with Gasteiger partial charge >= 0.3 is 5.97 Å². The third-order valence-corrected chi connectivity index (χ3v) is 3.42. The third-order valence-electron chi connectivity index (χ3n) is 3.42. The zero-order valence-corrected chi connectivity index (χ0v) is 10.5. The van der Waals surface area contributed by atoms with Crippen LogP contribution in [0.3, 0.4) is 0 Å². The summed E-state index contributed by atoms with van der Waals surface area (Å²) in [6, 6.07) is -0.130. The molecule has 5 heteroatoms. The number of hydrogen-bond acceptors (Lipinski definition) is 3. The van der Waals surface area contributed by atoms with Crippen LogP contribution in [-0.4, -0.2) is 29.1 Å². The van der Waals surface area contributed by atoms with Crippen LogP contribution < -0.4 is 11.1 Å². The Kier molecular flexibility index (Phi) is 4.93. The fourth-order valence-corrected chi connectivity index (χ4v) is 2.07. The van der Waals surface area contributed by atoms with E-state index in [1.54, 1.807) is 0 Å². The maximum absolute atomic E-state index is 11.7. The molecular weight excluding hydrogens is 220 g/mol. The number of nitrogens with two attached hydrogens (primary N) is 1. The number of carboxylic acid groups (broad SMARTS) is 1. The Morgan fingerprint density at radius 2 is 2.06 bits per heavy atom. The minimum Gasteiger partial charge on any atom is -0.481 e. The minimum atomic E-state index is -0.763. The first-order chi connectivity index (χ1) is 7.90. The molecule has 1 saturated carbocycles. The smallest absolute Gasteiger partial charge is 0.306 e. The first-order valence-corrected chi connectivity index (χ1v) is 6.18. The fourth-order valence-electron chi connectivity index (χ4n) is 2.07. The lowest BCUT2D eigenvalue weighted by Crippen LogP contribution is -2.39. The number of nitrogens with one attached hydrogen (secondary N) is 1. The van der Waals surface area contributed by atoms with Crippen LogP contribution in [0.15, 0.2) is 0 Å². The molecule has 17 heavy (non-hydrogen) atoms. The van der Waals surface area contributed by atoms with E-state index in [0.29, 0.717) is 19.3 Å². The predicted molar refractivity (Wildman–Crippen MR) is 64.3 cm³/mol. The topological polar surface area (TPSA) is 92.4 Å². The Morgan fingerprint density at radius 3 is 2.53 bits per heavy atom. The van der Waals surface area contributed by atoms with Crippen LogP contribution in [-0.2, 0) is 9.59 Å². The normalized spacial score (nSPS) is 25.9. The van der Waals surface area contributed by atoms with E-state index in [2.05, 4.69) is 5.32 Å². The second kappa shape index (κ2) is 6.00. The second-order valence-electron chi connectivity index (χ2n) is 5.22. The molecule has 1 aliphatic carbocycles. The molecule has 0 radical (unpaired) electrons. The number of carbonyl (C=O) groups excluding carboxylic acids is 1. The molecule has 0 aromatic heterocycles. The lowest BCUT2D eigenvalue weighted by atomic mass is 10.0. The van der Waals surface area contributed by atoms with Gasteiger partial charge in [-0.3, -0.25) is 9.59 Å². The van der Waals surface area contributed by atoms with Crippen molar-refractivity contribution in [1.82, 2.24) is 5.32 Å². The van der Waals surface area contributed by atoms with Gasteiger partial charge in [-0.15, -0.1) is 0 Å². The molecule has 0 aromatic carbocycles. The molecule has 5 nitrogen and oxygen atoms in total. The van der Waals surface area contributed by atoms with Crippen LogP contribution >= 0.6 is 0 Å². The molecule has 0 bridgehead atoms. The maximum Gasteiger partial charge on any atom is 0.306 e. The van der Waals surface area contributed by atoms with E-state index in [1.165, 1.54) is 0 Å². The molecule has 0 spiro atoms. The first kappa shape index (κ1) is 14.0. The van der Waals surface area contributed by atoms with Gasteiger partial charge in [-0.25, -0.2) is 0 Å². The number of carbonyl (C=O) groups is 2. The molecule has 1 aliphatic rings. The van der Waals surface area contributed by atoms with Crippen LogP contribution in [0.2, 0.25) is 0 Å². The van der Waals surface area contributed by atoms with Crippen molar-refractivity contribution in [3.63, 3.8) is 0 Å². The molecule has 98 valence electrons. The van der Waals surface area contributed by atoms with Crippen molar-refractivity contribution >= 4 is 11.9 Å². The molecule has 3 atom stereocenters. The van der Waals surface area contributed by atoms with E-state index in [-0.39, 0.29) is 29.8 Å². The molecule has 4 N–H and O–H groups in total. The van der Waals surface area contributed by atoms with Crippen molar-refractivity contribution in [3.8, 4) is 0 Å². The van der Waals surface area contributed by atoms with Crippen molar-refractivity contribution < 1.29 is 14.7 Å². The number of aliphatic carboxylic acids is 1. The lowest BCUT2D eigenvalue weighted by Gasteiger charge is -2.17. The van der Waals surface area contributed by atoms with Gasteiger partial charge in [-0.1, -0.05) is 13.8 Å². The number of carboxylic acids is 1. The van der Waals surface area contributed by atoms with E-state index in [4.69, 9.17) is 10.8 Å². The Morgan fingerprint density at radius 1 is 1.41 bits per heavy atom. The summed E-state index contributed by atoms with van der Waals surface area (Å²) >= 11 is 0. The predicted octanol–water partition coefficient (Wildman–Crippen LogP) is 0.729. The van der Waals surface area contributed by atoms with Gasteiger partial charge in [0.25, 0.3) is 0 Å². The van der Waals surface area contributed by atoms with E-state index in [1.807, 2.05) is 13.8 Å². The second-order valence-corrected chi connectivity index (χ2v) is 5.22. The van der Waals surface area contributed by atoms with E-state index >= 15 is 0 Å². The van der Waals surface area contributed by atoms with Crippen LogP contribution in [0.4, 0.5) is 0 Å². The Hall–Kier alpha value is -1.10. The molecule has 1 rings (SSSR count). The highest BCUT2D eigenvalue weighted by atomic mass is 16.4. The highest BCUT2D eigenvalue weighted by molar-refractivity contribution is 5.77. The van der Waals surface area contributed by atoms with Crippen LogP contribution in [0, 0.1) is 11.8 Å². The standard InChI is InChI=1S/C12H22N2O3/c1-7(2)10(13)6-11(15)14-9-4-3-8(5-9)12(16)17/h7-10H,3-6,13H2,1-2H3,(H,14,15)(H,16,17). The molecular formula is C12H22N2O3. The van der Waals surface area contributed by atoms with Gasteiger partial charge < -0.3 is 16.2 Å². The van der Waals surface area contributed by atoms with E-state index < -0.39 is 5.97 Å². The lowest BCUT2D eigenvalue weighted by molar-refractivity contribution is -0.141. The zero-order valence-electron chi connectivity index (χ0n) is 10.5. The molecule has 0 aromatic rings. The monoisotopic (exact) mass is 242 g/mol. The highest BCUT2D eigenvalue weighted by Crippen LogP contribution is 2.25. The first-order valence-electron chi connectivity index (χ1n) is 6.18. The highest BCUT2D eigenvalue weighted by Gasteiger charge is 2.30. The van der Waals surface area contributed by atoms with Gasteiger partial charge in [-0.2, -0.15) is 0 Å². The number of hydrogen-bond donors (Lipinski definition) is 3. The molecule has 3 unspecified atom stereocenters. The summed E-state index contributed by atoms with van der Waals surface area (Å²) in [5.74, 6) is -0.863. The van der Waals surface area contributed by atoms with Gasteiger partial charge in [-0.05, 0) is 25.2 Å². The SMILES string of the molecule is CC(C)C(N)CC(=O)NC1CCC(C(=O)O)C1. The Bertz CT molecular complexity index is 291. The average molecular weight is 242 g/mol. The van der Waals surface area contributed by atoms with E-state index in [9.17, 15) is 9.59 Å². The Labute approximate surface area is 102 Å². The van der Waals surface area contributed by atoms with E-state index in [0.717, 1.165) is 6.42 Å². The molecule has 0 aliphatic heterocycles. The minimum absolute atomic E-state index is 0.00274. The molecule has 0 heterocycles. The Balaban J connectivity index is 2.31. The van der Waals surface area contributed by atoms with Gasteiger partial charge in [0, 0.05) is 18.5 Å². The van der Waals surface area contributed by atoms with Crippen LogP contribution in [0.25, 0.3) is 0 Å². The van der Waals surface area contributed by atoms with Crippen molar-refractivity contribution in [2.45, 2.75) is 51.6 Å². The van der Waals surface area contributed by atoms with Crippen molar-refractivity contribution in [2.24, 2.45) is 17.6 Å². The summed E-state index contributed by atoms with van der Waals surface area (Å²) in [7, 11) is 0. The van der Waals surface area contributed by atoms with Gasteiger partial charge in [0.1, 0.15) is 0 Å². The summed E-state index contributed by atoms with van der Waals surface area (Å²) in [6.07, 6.45) is 2.25. The molecule has 0 saturated heterocycles. The van der Waals surface area contributed by atoms with Gasteiger partial charge in [0.05, 0.1) is 5.92 Å². The maximum atomic E-state index is 11.7. The number of rotatable bonds is 5. The molecule has 1 fully saturated rings. The quantitative estimate of drug-likeness (QED) is 0.662. The summed E-state index contributed by atoms with van der Waals surface area (Å²) in [5, 5.41) is 11.7. The van der Waals surface area contributed by atoms with Crippen molar-refractivity contribution in [1.29, 1.82) is 0 Å². The summed E-state index contributed by atoms with van der Waals surface area (Å²) in [4.78, 5) is 22.4. The van der Waals surface area contributed by atoms with Crippen LogP contribution in [0.5, 0.6) is 0 Å². The van der Waals surface area contributed by atoms with Crippen LogP contribution in [0.1, 0.15) is 39.5 Å². The van der Waals surface area contributed by atoms with Gasteiger partial charge in [0.2, 0.25) is 5.91 Å². The number of amides is 1. The third kappa shape index (κ3) is 4.34. The largest absolute Gasteiger partial charge is 0.481 e. The average Bonchev–Trinajstić information content (AvgIpc) is 2.65. The fraction of sp³-hybridized carbons (Fsp3) is 0.833. The summed E-state index contributed by atoms with van der Waals surface area (Å²) in [6.45, 7) is 3.96. The summed E-state index contributed by atoms with van der Waals surface area (Å²) < 4.78 is 0.